The van der Waals surface area contributed by atoms with Crippen LogP contribution in [0.1, 0.15) is 39.5 Å². The van der Waals surface area contributed by atoms with E-state index >= 15 is 0 Å². The number of ether oxygens (including phenoxy) is 3. The standard InChI is InChI=1S/C13H23NO4/c1-8(2)14-7-9-10(15)11-12(16-9)18-13(17-11)5-3-4-6-13/h8-12,14-15H,3-7H2,1-2H3/t9-,10+,11-,12-/m0/s1. The van der Waals surface area contributed by atoms with Crippen molar-refractivity contribution < 1.29 is 19.3 Å². The molecule has 0 amide bonds. The Labute approximate surface area is 108 Å². The summed E-state index contributed by atoms with van der Waals surface area (Å²) in [5.74, 6) is -0.466. The lowest BCUT2D eigenvalue weighted by molar-refractivity contribution is -0.229. The van der Waals surface area contributed by atoms with E-state index in [0.717, 1.165) is 25.7 Å². The third-order valence-corrected chi connectivity index (χ3v) is 4.07. The van der Waals surface area contributed by atoms with Crippen molar-refractivity contribution in [3.63, 3.8) is 0 Å². The Bertz CT molecular complexity index is 303. The van der Waals surface area contributed by atoms with Gasteiger partial charge in [-0.3, -0.25) is 0 Å². The molecule has 5 heteroatoms. The van der Waals surface area contributed by atoms with Gasteiger partial charge in [0.15, 0.2) is 12.1 Å². The van der Waals surface area contributed by atoms with Crippen molar-refractivity contribution in [2.45, 2.75) is 76.0 Å². The monoisotopic (exact) mass is 257 g/mol. The lowest BCUT2D eigenvalue weighted by atomic mass is 10.1. The molecule has 1 spiro atoms. The third-order valence-electron chi connectivity index (χ3n) is 4.07. The predicted molar refractivity (Wildman–Crippen MR) is 65.0 cm³/mol. The van der Waals surface area contributed by atoms with Crippen molar-refractivity contribution in [3.8, 4) is 0 Å². The van der Waals surface area contributed by atoms with Gasteiger partial charge >= 0.3 is 0 Å². The summed E-state index contributed by atoms with van der Waals surface area (Å²) in [4.78, 5) is 0. The molecule has 1 aliphatic carbocycles. The van der Waals surface area contributed by atoms with Crippen LogP contribution >= 0.6 is 0 Å². The quantitative estimate of drug-likeness (QED) is 0.781. The zero-order chi connectivity index (χ0) is 12.8. The highest BCUT2D eigenvalue weighted by molar-refractivity contribution is 4.97. The first kappa shape index (κ1) is 12.8. The van der Waals surface area contributed by atoms with Crippen LogP contribution in [0.3, 0.4) is 0 Å². The van der Waals surface area contributed by atoms with Gasteiger partial charge in [-0.15, -0.1) is 0 Å². The van der Waals surface area contributed by atoms with Gasteiger partial charge in [-0.05, 0) is 12.8 Å². The second-order valence-corrected chi connectivity index (χ2v) is 5.91. The first-order valence-electron chi connectivity index (χ1n) is 7.02. The fourth-order valence-corrected chi connectivity index (χ4v) is 3.08. The molecule has 5 nitrogen and oxygen atoms in total. The average molecular weight is 257 g/mol. The Kier molecular flexibility index (Phi) is 3.36. The maximum absolute atomic E-state index is 10.2. The molecule has 2 aliphatic heterocycles. The lowest BCUT2D eigenvalue weighted by Gasteiger charge is -2.26. The molecule has 4 atom stereocenters. The fraction of sp³-hybridized carbons (Fsp3) is 1.00. The van der Waals surface area contributed by atoms with E-state index in [1.807, 2.05) is 0 Å². The summed E-state index contributed by atoms with van der Waals surface area (Å²) in [6.45, 7) is 4.77. The van der Waals surface area contributed by atoms with E-state index < -0.39 is 18.2 Å². The van der Waals surface area contributed by atoms with Gasteiger partial charge < -0.3 is 24.6 Å². The first-order chi connectivity index (χ1) is 8.60. The van der Waals surface area contributed by atoms with Crippen LogP contribution in [0, 0.1) is 0 Å². The molecule has 0 aromatic carbocycles. The van der Waals surface area contributed by atoms with Crippen LogP contribution in [0.15, 0.2) is 0 Å². The molecule has 0 aromatic rings. The summed E-state index contributed by atoms with van der Waals surface area (Å²) in [5.41, 5.74) is 0. The van der Waals surface area contributed by atoms with Crippen LogP contribution in [0.5, 0.6) is 0 Å². The number of fused-ring (bicyclic) bond motifs is 1. The summed E-state index contributed by atoms with van der Waals surface area (Å²) >= 11 is 0. The van der Waals surface area contributed by atoms with Gasteiger partial charge in [-0.2, -0.15) is 0 Å². The molecule has 0 aromatic heterocycles. The summed E-state index contributed by atoms with van der Waals surface area (Å²) in [6, 6.07) is 0.379. The van der Waals surface area contributed by atoms with E-state index in [9.17, 15) is 5.11 Å². The molecule has 1 saturated carbocycles. The molecule has 2 saturated heterocycles. The Morgan fingerprint density at radius 2 is 2.00 bits per heavy atom. The molecule has 0 radical (unpaired) electrons. The van der Waals surface area contributed by atoms with Crippen molar-refractivity contribution in [3.05, 3.63) is 0 Å². The van der Waals surface area contributed by atoms with E-state index in [1.54, 1.807) is 0 Å². The van der Waals surface area contributed by atoms with E-state index in [1.165, 1.54) is 0 Å². The van der Waals surface area contributed by atoms with E-state index in [4.69, 9.17) is 14.2 Å². The molecule has 0 bridgehead atoms. The summed E-state index contributed by atoms with van der Waals surface area (Å²) in [7, 11) is 0. The van der Waals surface area contributed by atoms with Gasteiger partial charge in [-0.1, -0.05) is 13.8 Å². The van der Waals surface area contributed by atoms with Crippen molar-refractivity contribution in [1.29, 1.82) is 0 Å². The molecule has 2 heterocycles. The molecule has 3 fully saturated rings. The number of hydrogen-bond acceptors (Lipinski definition) is 5. The minimum absolute atomic E-state index is 0.235. The minimum Gasteiger partial charge on any atom is -0.387 e. The van der Waals surface area contributed by atoms with Gasteiger partial charge in [0.1, 0.15) is 18.3 Å². The highest BCUT2D eigenvalue weighted by Gasteiger charge is 2.57. The molecule has 2 N–H and O–H groups in total. The van der Waals surface area contributed by atoms with E-state index in [2.05, 4.69) is 19.2 Å². The third kappa shape index (κ3) is 2.18. The van der Waals surface area contributed by atoms with Crippen molar-refractivity contribution in [1.82, 2.24) is 5.32 Å². The molecule has 104 valence electrons. The number of nitrogens with one attached hydrogen (secondary N) is 1. The highest BCUT2D eigenvalue weighted by atomic mass is 16.8. The molecule has 3 rings (SSSR count). The van der Waals surface area contributed by atoms with Crippen LogP contribution in [0.4, 0.5) is 0 Å². The van der Waals surface area contributed by atoms with Gasteiger partial charge in [0, 0.05) is 25.4 Å². The summed E-state index contributed by atoms with van der Waals surface area (Å²) in [6.07, 6.45) is 2.57. The zero-order valence-corrected chi connectivity index (χ0v) is 11.1. The predicted octanol–water partition coefficient (Wildman–Crippen LogP) is 0.756. The second kappa shape index (κ2) is 4.72. The van der Waals surface area contributed by atoms with Crippen LogP contribution in [-0.4, -0.2) is 48.1 Å². The van der Waals surface area contributed by atoms with Gasteiger partial charge in [0.05, 0.1) is 0 Å². The van der Waals surface area contributed by atoms with Gasteiger partial charge in [0.2, 0.25) is 0 Å². The summed E-state index contributed by atoms with van der Waals surface area (Å²) < 4.78 is 17.6. The van der Waals surface area contributed by atoms with E-state index in [0.29, 0.717) is 12.6 Å². The Morgan fingerprint density at radius 3 is 2.61 bits per heavy atom. The van der Waals surface area contributed by atoms with Gasteiger partial charge in [0.25, 0.3) is 0 Å². The van der Waals surface area contributed by atoms with Gasteiger partial charge in [-0.25, -0.2) is 0 Å². The Morgan fingerprint density at radius 1 is 1.28 bits per heavy atom. The van der Waals surface area contributed by atoms with Crippen LogP contribution in [0.2, 0.25) is 0 Å². The number of aliphatic hydroxyl groups excluding tert-OH is 1. The second-order valence-electron chi connectivity index (χ2n) is 5.91. The minimum atomic E-state index is -0.596. The highest BCUT2D eigenvalue weighted by Crippen LogP contribution is 2.45. The molecular weight excluding hydrogens is 234 g/mol. The maximum Gasteiger partial charge on any atom is 0.190 e. The van der Waals surface area contributed by atoms with Crippen molar-refractivity contribution in [2.75, 3.05) is 6.54 Å². The van der Waals surface area contributed by atoms with Crippen LogP contribution in [-0.2, 0) is 14.2 Å². The first-order valence-corrected chi connectivity index (χ1v) is 7.02. The normalized spacial score (nSPS) is 42.0. The maximum atomic E-state index is 10.2. The Hall–Kier alpha value is -0.200. The molecule has 18 heavy (non-hydrogen) atoms. The molecule has 0 unspecified atom stereocenters. The zero-order valence-electron chi connectivity index (χ0n) is 11.1. The lowest BCUT2D eigenvalue weighted by Crippen LogP contribution is -2.42. The molecule has 3 aliphatic rings. The van der Waals surface area contributed by atoms with Crippen LogP contribution < -0.4 is 5.32 Å². The van der Waals surface area contributed by atoms with E-state index in [-0.39, 0.29) is 12.2 Å². The van der Waals surface area contributed by atoms with Crippen LogP contribution in [0.25, 0.3) is 0 Å². The average Bonchev–Trinajstić information content (AvgIpc) is 2.97. The topological polar surface area (TPSA) is 60.0 Å². The molecular formula is C13H23NO4. The number of hydrogen-bond donors (Lipinski definition) is 2. The van der Waals surface area contributed by atoms with Crippen molar-refractivity contribution >= 4 is 0 Å². The Balaban J connectivity index is 1.59. The SMILES string of the molecule is CC(C)NC[C@@H]1O[C@H]2OC3(CCCC3)O[C@H]2[C@@H]1O. The summed E-state index contributed by atoms with van der Waals surface area (Å²) in [5, 5.41) is 13.5. The van der Waals surface area contributed by atoms with Crippen molar-refractivity contribution in [2.24, 2.45) is 0 Å². The number of rotatable bonds is 3. The smallest absolute Gasteiger partial charge is 0.190 e. The largest absolute Gasteiger partial charge is 0.387 e. The fourth-order valence-electron chi connectivity index (χ4n) is 3.08. The number of aliphatic hydroxyl groups is 1.